The van der Waals surface area contributed by atoms with Crippen molar-refractivity contribution in [2.75, 3.05) is 0 Å². The predicted molar refractivity (Wildman–Crippen MR) is 49.9 cm³/mol. The molecule has 0 aliphatic carbocycles. The highest BCUT2D eigenvalue weighted by atomic mass is 79.9. The van der Waals surface area contributed by atoms with Crippen LogP contribution < -0.4 is 0 Å². The maximum atomic E-state index is 12.5. The molecule has 1 aromatic rings. The van der Waals surface area contributed by atoms with Crippen LogP contribution in [0.1, 0.15) is 25.1 Å². The van der Waals surface area contributed by atoms with Crippen molar-refractivity contribution >= 4 is 15.9 Å². The van der Waals surface area contributed by atoms with Gasteiger partial charge in [-0.05, 0) is 29.8 Å². The highest BCUT2D eigenvalue weighted by Crippen LogP contribution is 2.39. The van der Waals surface area contributed by atoms with Gasteiger partial charge in [-0.15, -0.1) is 0 Å². The van der Waals surface area contributed by atoms with Gasteiger partial charge in [-0.25, -0.2) is 0 Å². The average Bonchev–Trinajstić information content (AvgIpc) is 2.47. The summed E-state index contributed by atoms with van der Waals surface area (Å²) in [5.74, 6) is 0. The standard InChI is InChI=1S/C8H7BrF3N3/c1-7(2,3-13)4-5(8(10,11)12)14-15-6(4)9/h1-2H3,(H,14,15). The van der Waals surface area contributed by atoms with E-state index in [2.05, 4.69) is 21.0 Å². The van der Waals surface area contributed by atoms with Gasteiger partial charge < -0.3 is 0 Å². The largest absolute Gasteiger partial charge is 0.433 e. The Labute approximate surface area is 92.4 Å². The molecule has 0 saturated carbocycles. The van der Waals surface area contributed by atoms with Gasteiger partial charge in [-0.3, -0.25) is 5.10 Å². The summed E-state index contributed by atoms with van der Waals surface area (Å²) in [6.07, 6.45) is -4.54. The fourth-order valence-corrected chi connectivity index (χ4v) is 1.93. The van der Waals surface area contributed by atoms with E-state index in [4.69, 9.17) is 5.26 Å². The molecule has 1 aromatic heterocycles. The molecule has 0 atom stereocenters. The van der Waals surface area contributed by atoms with Crippen LogP contribution in [0.2, 0.25) is 0 Å². The number of nitriles is 1. The van der Waals surface area contributed by atoms with Gasteiger partial charge in [0, 0.05) is 5.56 Å². The fourth-order valence-electron chi connectivity index (χ4n) is 1.15. The molecule has 1 N–H and O–H groups in total. The Bertz CT molecular complexity index is 414. The molecule has 3 nitrogen and oxygen atoms in total. The van der Waals surface area contributed by atoms with E-state index in [1.807, 2.05) is 11.2 Å². The minimum atomic E-state index is -4.54. The molecule has 0 saturated heterocycles. The molecule has 0 aromatic carbocycles. The van der Waals surface area contributed by atoms with Crippen molar-refractivity contribution in [2.24, 2.45) is 0 Å². The first-order chi connectivity index (χ1) is 6.70. The number of H-pyrrole nitrogens is 1. The Balaban J connectivity index is 3.43. The third-order valence-electron chi connectivity index (χ3n) is 1.91. The van der Waals surface area contributed by atoms with Crippen LogP contribution in [0.5, 0.6) is 0 Å². The molecule has 0 unspecified atom stereocenters. The van der Waals surface area contributed by atoms with Crippen LogP contribution in [-0.2, 0) is 11.6 Å². The van der Waals surface area contributed by atoms with Gasteiger partial charge in [-0.2, -0.15) is 23.5 Å². The zero-order valence-electron chi connectivity index (χ0n) is 7.91. The van der Waals surface area contributed by atoms with Gasteiger partial charge in [0.15, 0.2) is 0 Å². The van der Waals surface area contributed by atoms with Crippen molar-refractivity contribution in [3.05, 3.63) is 15.9 Å². The Morgan fingerprint density at radius 2 is 1.93 bits per heavy atom. The van der Waals surface area contributed by atoms with Crippen LogP contribution in [0.3, 0.4) is 0 Å². The van der Waals surface area contributed by atoms with Crippen LogP contribution in [-0.4, -0.2) is 10.2 Å². The molecule has 1 heterocycles. The van der Waals surface area contributed by atoms with Crippen LogP contribution in [0.15, 0.2) is 4.60 Å². The van der Waals surface area contributed by atoms with E-state index in [9.17, 15) is 13.2 Å². The lowest BCUT2D eigenvalue weighted by Gasteiger charge is -2.17. The molecule has 0 radical (unpaired) electrons. The smallest absolute Gasteiger partial charge is 0.272 e. The fraction of sp³-hybridized carbons (Fsp3) is 0.500. The topological polar surface area (TPSA) is 52.5 Å². The summed E-state index contributed by atoms with van der Waals surface area (Å²) in [5.41, 5.74) is -2.41. The molecule has 0 aliphatic heterocycles. The Kier molecular flexibility index (Phi) is 2.83. The van der Waals surface area contributed by atoms with Crippen LogP contribution >= 0.6 is 15.9 Å². The molecule has 0 amide bonds. The number of halogens is 4. The maximum absolute atomic E-state index is 12.5. The summed E-state index contributed by atoms with van der Waals surface area (Å²) < 4.78 is 37.6. The number of nitrogens with zero attached hydrogens (tertiary/aromatic N) is 2. The second-order valence-corrected chi connectivity index (χ2v) is 4.25. The van der Waals surface area contributed by atoms with Gasteiger partial charge in [0.2, 0.25) is 0 Å². The monoisotopic (exact) mass is 281 g/mol. The van der Waals surface area contributed by atoms with Gasteiger partial charge >= 0.3 is 6.18 Å². The molecule has 0 fully saturated rings. The van der Waals surface area contributed by atoms with Crippen molar-refractivity contribution < 1.29 is 13.2 Å². The number of nitrogens with one attached hydrogen (secondary N) is 1. The van der Waals surface area contributed by atoms with Crippen molar-refractivity contribution in [3.8, 4) is 6.07 Å². The summed E-state index contributed by atoms with van der Waals surface area (Å²) in [5, 5.41) is 14.1. The highest BCUT2D eigenvalue weighted by molar-refractivity contribution is 9.10. The van der Waals surface area contributed by atoms with E-state index in [-0.39, 0.29) is 10.2 Å². The first-order valence-electron chi connectivity index (χ1n) is 3.93. The number of aromatic amines is 1. The van der Waals surface area contributed by atoms with Crippen LogP contribution in [0.25, 0.3) is 0 Å². The lowest BCUT2D eigenvalue weighted by Crippen LogP contribution is -2.20. The van der Waals surface area contributed by atoms with Crippen molar-refractivity contribution in [3.63, 3.8) is 0 Å². The Hall–Kier alpha value is -1.03. The molecular weight excluding hydrogens is 275 g/mol. The zero-order valence-corrected chi connectivity index (χ0v) is 9.49. The number of rotatable bonds is 1. The third kappa shape index (κ3) is 2.15. The lowest BCUT2D eigenvalue weighted by atomic mass is 9.86. The van der Waals surface area contributed by atoms with E-state index in [1.54, 1.807) is 0 Å². The third-order valence-corrected chi connectivity index (χ3v) is 2.48. The second kappa shape index (κ2) is 3.52. The molecular formula is C8H7BrF3N3. The van der Waals surface area contributed by atoms with Gasteiger partial charge in [0.25, 0.3) is 0 Å². The lowest BCUT2D eigenvalue weighted by molar-refractivity contribution is -0.142. The van der Waals surface area contributed by atoms with E-state index in [0.717, 1.165) is 0 Å². The van der Waals surface area contributed by atoms with Crippen molar-refractivity contribution in [1.29, 1.82) is 5.26 Å². The summed E-state index contributed by atoms with van der Waals surface area (Å²) in [7, 11) is 0. The Morgan fingerprint density at radius 1 is 1.40 bits per heavy atom. The van der Waals surface area contributed by atoms with Crippen LogP contribution in [0, 0.1) is 11.3 Å². The quantitative estimate of drug-likeness (QED) is 0.860. The molecule has 7 heteroatoms. The zero-order chi connectivity index (χ0) is 11.9. The summed E-state index contributed by atoms with van der Waals surface area (Å²) in [4.78, 5) is 0. The first-order valence-corrected chi connectivity index (χ1v) is 4.72. The van der Waals surface area contributed by atoms with E-state index in [1.165, 1.54) is 13.8 Å². The normalized spacial score (nSPS) is 12.6. The number of alkyl halides is 3. The summed E-state index contributed by atoms with van der Waals surface area (Å²) in [6, 6.07) is 1.81. The average molecular weight is 282 g/mol. The summed E-state index contributed by atoms with van der Waals surface area (Å²) in [6.45, 7) is 2.80. The molecule has 1 rings (SSSR count). The van der Waals surface area contributed by atoms with Gasteiger partial charge in [-0.1, -0.05) is 0 Å². The van der Waals surface area contributed by atoms with E-state index < -0.39 is 17.3 Å². The molecule has 0 aliphatic rings. The maximum Gasteiger partial charge on any atom is 0.433 e. The number of hydrogen-bond acceptors (Lipinski definition) is 2. The van der Waals surface area contributed by atoms with Crippen molar-refractivity contribution in [1.82, 2.24) is 10.2 Å². The van der Waals surface area contributed by atoms with E-state index in [0.29, 0.717) is 0 Å². The number of hydrogen-bond donors (Lipinski definition) is 1. The molecule has 82 valence electrons. The first kappa shape index (κ1) is 12.0. The summed E-state index contributed by atoms with van der Waals surface area (Å²) >= 11 is 2.89. The van der Waals surface area contributed by atoms with Gasteiger partial charge in [0.05, 0.1) is 11.5 Å². The van der Waals surface area contributed by atoms with Gasteiger partial charge in [0.1, 0.15) is 10.3 Å². The Morgan fingerprint density at radius 3 is 2.33 bits per heavy atom. The molecule has 0 bridgehead atoms. The highest BCUT2D eigenvalue weighted by Gasteiger charge is 2.41. The molecule has 0 spiro atoms. The molecule has 15 heavy (non-hydrogen) atoms. The van der Waals surface area contributed by atoms with Crippen molar-refractivity contribution in [2.45, 2.75) is 25.4 Å². The van der Waals surface area contributed by atoms with Crippen LogP contribution in [0.4, 0.5) is 13.2 Å². The minimum Gasteiger partial charge on any atom is -0.272 e. The minimum absolute atomic E-state index is 0.0152. The second-order valence-electron chi connectivity index (χ2n) is 3.50. The SMILES string of the molecule is CC(C)(C#N)c1c(Br)n[nH]c1C(F)(F)F. The number of aromatic nitrogens is 2. The van der Waals surface area contributed by atoms with E-state index >= 15 is 0 Å². The predicted octanol–water partition coefficient (Wildman–Crippen LogP) is 2.99.